The van der Waals surface area contributed by atoms with E-state index in [-0.39, 0.29) is 27.3 Å². The zero-order chi connectivity index (χ0) is 19.4. The molecule has 0 spiro atoms. The van der Waals surface area contributed by atoms with Gasteiger partial charge in [0.1, 0.15) is 17.2 Å². The summed E-state index contributed by atoms with van der Waals surface area (Å²) in [6.45, 7) is 0. The Morgan fingerprint density at radius 2 is 1.56 bits per heavy atom. The van der Waals surface area contributed by atoms with E-state index < -0.39 is 0 Å². The monoisotopic (exact) mass is 421 g/mol. The van der Waals surface area contributed by atoms with Crippen LogP contribution in [0.4, 0.5) is 5.69 Å². The standard InChI is InChI=1S/C20H14Cl3NO3/c1-26-13-7-8-18(17(23)9-13)27-19-11-16(22)15(21)10-14(19)20(25)24-12-5-3-2-4-6-12/h2-11H,1H3,(H,24,25). The molecule has 0 heterocycles. The van der Waals surface area contributed by atoms with Crippen LogP contribution in [0.5, 0.6) is 17.2 Å². The maximum absolute atomic E-state index is 12.7. The minimum atomic E-state index is -0.389. The van der Waals surface area contributed by atoms with E-state index in [1.165, 1.54) is 19.2 Å². The minimum Gasteiger partial charge on any atom is -0.497 e. The van der Waals surface area contributed by atoms with Gasteiger partial charge < -0.3 is 14.8 Å². The van der Waals surface area contributed by atoms with Gasteiger partial charge in [-0.1, -0.05) is 53.0 Å². The summed E-state index contributed by atoms with van der Waals surface area (Å²) in [6.07, 6.45) is 0. The van der Waals surface area contributed by atoms with Gasteiger partial charge in [-0.3, -0.25) is 4.79 Å². The Hall–Kier alpha value is -2.40. The maximum Gasteiger partial charge on any atom is 0.259 e. The number of hydrogen-bond donors (Lipinski definition) is 1. The zero-order valence-corrected chi connectivity index (χ0v) is 16.4. The average molecular weight is 423 g/mol. The largest absolute Gasteiger partial charge is 0.497 e. The summed E-state index contributed by atoms with van der Waals surface area (Å²) in [5, 5.41) is 3.61. The highest BCUT2D eigenvalue weighted by Crippen LogP contribution is 2.37. The number of nitrogens with one attached hydrogen (secondary N) is 1. The van der Waals surface area contributed by atoms with Crippen molar-refractivity contribution in [3.63, 3.8) is 0 Å². The Balaban J connectivity index is 1.95. The molecule has 3 aromatic carbocycles. The van der Waals surface area contributed by atoms with E-state index in [2.05, 4.69) is 5.32 Å². The molecule has 0 radical (unpaired) electrons. The zero-order valence-electron chi connectivity index (χ0n) is 14.1. The van der Waals surface area contributed by atoms with Gasteiger partial charge in [-0.25, -0.2) is 0 Å². The minimum absolute atomic E-state index is 0.222. The number of halogens is 3. The van der Waals surface area contributed by atoms with Crippen LogP contribution in [0.25, 0.3) is 0 Å². The van der Waals surface area contributed by atoms with E-state index in [0.717, 1.165) is 0 Å². The quantitative estimate of drug-likeness (QED) is 0.497. The van der Waals surface area contributed by atoms with Crippen molar-refractivity contribution in [3.8, 4) is 17.2 Å². The lowest BCUT2D eigenvalue weighted by Crippen LogP contribution is -2.13. The van der Waals surface area contributed by atoms with Crippen molar-refractivity contribution >= 4 is 46.4 Å². The molecule has 3 aromatic rings. The third kappa shape index (κ3) is 4.66. The summed E-state index contributed by atoms with van der Waals surface area (Å²) in [4.78, 5) is 12.7. The van der Waals surface area contributed by atoms with Crippen LogP contribution in [0, 0.1) is 0 Å². The smallest absolute Gasteiger partial charge is 0.259 e. The molecule has 0 aliphatic carbocycles. The van der Waals surface area contributed by atoms with Gasteiger partial charge in [0.05, 0.1) is 27.7 Å². The molecule has 3 rings (SSSR count). The van der Waals surface area contributed by atoms with Crippen LogP contribution in [0.1, 0.15) is 10.4 Å². The molecule has 0 bridgehead atoms. The molecule has 1 amide bonds. The van der Waals surface area contributed by atoms with Gasteiger partial charge in [-0.2, -0.15) is 0 Å². The van der Waals surface area contributed by atoms with Gasteiger partial charge in [0.25, 0.3) is 5.91 Å². The number of para-hydroxylation sites is 1. The van der Waals surface area contributed by atoms with Crippen molar-refractivity contribution in [1.29, 1.82) is 0 Å². The number of methoxy groups -OCH3 is 1. The van der Waals surface area contributed by atoms with Crippen LogP contribution in [-0.2, 0) is 0 Å². The molecular formula is C20H14Cl3NO3. The summed E-state index contributed by atoms with van der Waals surface area (Å²) in [7, 11) is 1.54. The first kappa shape index (κ1) is 19.4. The molecule has 0 atom stereocenters. The lowest BCUT2D eigenvalue weighted by atomic mass is 10.1. The Labute approximate surface area is 171 Å². The predicted octanol–water partition coefficient (Wildman–Crippen LogP) is 6.70. The summed E-state index contributed by atoms with van der Waals surface area (Å²) in [6, 6.07) is 16.9. The van der Waals surface area contributed by atoms with Crippen LogP contribution >= 0.6 is 34.8 Å². The maximum atomic E-state index is 12.7. The normalized spacial score (nSPS) is 10.4. The molecule has 4 nitrogen and oxygen atoms in total. The molecule has 138 valence electrons. The topological polar surface area (TPSA) is 47.6 Å². The number of carbonyl (C=O) groups excluding carboxylic acids is 1. The molecule has 0 aliphatic rings. The predicted molar refractivity (Wildman–Crippen MR) is 109 cm³/mol. The third-order valence-corrected chi connectivity index (χ3v) is 4.68. The Bertz CT molecular complexity index is 978. The van der Waals surface area contributed by atoms with E-state index >= 15 is 0 Å². The Morgan fingerprint density at radius 1 is 0.852 bits per heavy atom. The number of carbonyl (C=O) groups is 1. The molecule has 0 saturated carbocycles. The number of hydrogen-bond acceptors (Lipinski definition) is 3. The Kier molecular flexibility index (Phi) is 6.11. The summed E-state index contributed by atoms with van der Waals surface area (Å²) >= 11 is 18.4. The molecule has 0 fully saturated rings. The van der Waals surface area contributed by atoms with Gasteiger partial charge in [-0.15, -0.1) is 0 Å². The van der Waals surface area contributed by atoms with E-state index in [9.17, 15) is 4.79 Å². The Morgan fingerprint density at radius 3 is 2.22 bits per heavy atom. The highest BCUT2D eigenvalue weighted by molar-refractivity contribution is 6.42. The third-order valence-electron chi connectivity index (χ3n) is 3.66. The summed E-state index contributed by atoms with van der Waals surface area (Å²) < 4.78 is 11.0. The second-order valence-corrected chi connectivity index (χ2v) is 6.70. The van der Waals surface area contributed by atoms with Crippen molar-refractivity contribution in [2.24, 2.45) is 0 Å². The molecule has 0 saturated heterocycles. The van der Waals surface area contributed by atoms with Crippen molar-refractivity contribution in [1.82, 2.24) is 0 Å². The van der Waals surface area contributed by atoms with Crippen molar-refractivity contribution in [3.05, 3.63) is 81.3 Å². The average Bonchev–Trinajstić information content (AvgIpc) is 2.66. The van der Waals surface area contributed by atoms with Crippen LogP contribution in [0.2, 0.25) is 15.1 Å². The lowest BCUT2D eigenvalue weighted by molar-refractivity contribution is 0.102. The molecule has 0 unspecified atom stereocenters. The van der Waals surface area contributed by atoms with Crippen LogP contribution < -0.4 is 14.8 Å². The van der Waals surface area contributed by atoms with Crippen molar-refractivity contribution in [2.45, 2.75) is 0 Å². The molecule has 0 aromatic heterocycles. The number of ether oxygens (including phenoxy) is 2. The van der Waals surface area contributed by atoms with Crippen molar-refractivity contribution < 1.29 is 14.3 Å². The van der Waals surface area contributed by atoms with Gasteiger partial charge in [-0.05, 0) is 30.3 Å². The van der Waals surface area contributed by atoms with Crippen LogP contribution in [0.15, 0.2) is 60.7 Å². The van der Waals surface area contributed by atoms with E-state index in [0.29, 0.717) is 22.2 Å². The fraction of sp³-hybridized carbons (Fsp3) is 0.0500. The summed E-state index contributed by atoms with van der Waals surface area (Å²) in [5.74, 6) is 0.775. The molecule has 0 aliphatic heterocycles. The fourth-order valence-corrected chi connectivity index (χ4v) is 2.85. The number of rotatable bonds is 5. The number of benzene rings is 3. The van der Waals surface area contributed by atoms with E-state index in [4.69, 9.17) is 44.3 Å². The second-order valence-electron chi connectivity index (χ2n) is 5.48. The summed E-state index contributed by atoms with van der Waals surface area (Å²) in [5.41, 5.74) is 0.863. The first-order valence-corrected chi connectivity index (χ1v) is 8.98. The molecule has 27 heavy (non-hydrogen) atoms. The van der Waals surface area contributed by atoms with Crippen LogP contribution in [0.3, 0.4) is 0 Å². The van der Waals surface area contributed by atoms with Crippen LogP contribution in [-0.4, -0.2) is 13.0 Å². The van der Waals surface area contributed by atoms with Crippen molar-refractivity contribution in [2.75, 3.05) is 12.4 Å². The van der Waals surface area contributed by atoms with Gasteiger partial charge in [0.2, 0.25) is 0 Å². The highest BCUT2D eigenvalue weighted by Gasteiger charge is 2.18. The SMILES string of the molecule is COc1ccc(Oc2cc(Cl)c(Cl)cc2C(=O)Nc2ccccc2)c(Cl)c1. The molecule has 7 heteroatoms. The van der Waals surface area contributed by atoms with E-state index in [1.54, 1.807) is 30.3 Å². The van der Waals surface area contributed by atoms with Gasteiger partial charge in [0, 0.05) is 17.8 Å². The van der Waals surface area contributed by atoms with E-state index in [1.807, 2.05) is 18.2 Å². The van der Waals surface area contributed by atoms with Gasteiger partial charge in [0.15, 0.2) is 0 Å². The second kappa shape index (κ2) is 8.53. The lowest BCUT2D eigenvalue weighted by Gasteiger charge is -2.14. The molecule has 1 N–H and O–H groups in total. The fourth-order valence-electron chi connectivity index (χ4n) is 2.32. The first-order valence-electron chi connectivity index (χ1n) is 7.85. The number of amides is 1. The van der Waals surface area contributed by atoms with Gasteiger partial charge >= 0.3 is 0 Å². The molecular weight excluding hydrogens is 409 g/mol. The highest BCUT2D eigenvalue weighted by atomic mass is 35.5. The number of anilines is 1. The first-order chi connectivity index (χ1) is 13.0.